The highest BCUT2D eigenvalue weighted by Crippen LogP contribution is 2.40. The first kappa shape index (κ1) is 23.5. The van der Waals surface area contributed by atoms with Crippen molar-refractivity contribution in [3.05, 3.63) is 47.2 Å². The predicted octanol–water partition coefficient (Wildman–Crippen LogP) is 4.64. The van der Waals surface area contributed by atoms with E-state index >= 15 is 0 Å². The minimum absolute atomic E-state index is 0.0600. The van der Waals surface area contributed by atoms with Crippen LogP contribution in [-0.2, 0) is 22.1 Å². The molecule has 192 valence electrons. The van der Waals surface area contributed by atoms with Crippen molar-refractivity contribution < 1.29 is 32.3 Å². The molecule has 37 heavy (non-hydrogen) atoms. The number of hydrogen-bond donors (Lipinski definition) is 2. The van der Waals surface area contributed by atoms with Crippen LogP contribution in [0.1, 0.15) is 35.6 Å². The first-order chi connectivity index (χ1) is 17.8. The van der Waals surface area contributed by atoms with Gasteiger partial charge in [0.15, 0.2) is 0 Å². The molecule has 0 amide bonds. The molecule has 1 saturated heterocycles. The summed E-state index contributed by atoms with van der Waals surface area (Å²) in [6, 6.07) is 7.46. The zero-order chi connectivity index (χ0) is 25.7. The highest BCUT2D eigenvalue weighted by atomic mass is 19.4. The van der Waals surface area contributed by atoms with E-state index in [1.165, 1.54) is 0 Å². The molecule has 4 aromatic rings. The molecule has 1 aliphatic carbocycles. The number of H-pyrrole nitrogens is 1. The minimum atomic E-state index is -4.57. The number of nitrogens with zero attached hydrogens (tertiary/aromatic N) is 4. The molecule has 12 heteroatoms. The third-order valence-electron chi connectivity index (χ3n) is 6.89. The number of alkyl halides is 3. The smallest absolute Gasteiger partial charge is 0.416 e. The Morgan fingerprint density at radius 1 is 1.16 bits per heavy atom. The molecule has 3 aromatic heterocycles. The second-order valence-electron chi connectivity index (χ2n) is 9.23. The Balaban J connectivity index is 1.35. The monoisotopic (exact) mass is 513 g/mol. The topological polar surface area (TPSA) is 117 Å². The van der Waals surface area contributed by atoms with Crippen LogP contribution in [0.5, 0.6) is 0 Å². The van der Waals surface area contributed by atoms with E-state index < -0.39 is 17.7 Å². The number of fused-ring (bicyclic) bond motifs is 3. The van der Waals surface area contributed by atoms with Gasteiger partial charge < -0.3 is 24.3 Å². The van der Waals surface area contributed by atoms with Crippen molar-refractivity contribution in [2.45, 2.75) is 31.4 Å². The van der Waals surface area contributed by atoms with Gasteiger partial charge in [-0.2, -0.15) is 18.2 Å². The van der Waals surface area contributed by atoms with Gasteiger partial charge in [0.1, 0.15) is 11.5 Å². The van der Waals surface area contributed by atoms with Crippen LogP contribution >= 0.6 is 0 Å². The number of pyridine rings is 1. The average molecular weight is 513 g/mol. The summed E-state index contributed by atoms with van der Waals surface area (Å²) in [5, 5.41) is 14.1. The van der Waals surface area contributed by atoms with Crippen molar-refractivity contribution in [3.8, 4) is 23.0 Å². The molecule has 1 aliphatic heterocycles. The number of nitrogens with one attached hydrogen (secondary N) is 1. The number of morpholine rings is 1. The van der Waals surface area contributed by atoms with Gasteiger partial charge in [-0.1, -0.05) is 5.16 Å². The van der Waals surface area contributed by atoms with Crippen LogP contribution in [0.25, 0.3) is 33.9 Å². The van der Waals surface area contributed by atoms with Crippen molar-refractivity contribution in [1.29, 1.82) is 0 Å². The van der Waals surface area contributed by atoms with Crippen LogP contribution in [0.4, 0.5) is 19.0 Å². The lowest BCUT2D eigenvalue weighted by atomic mass is 10.0. The number of halogens is 3. The fourth-order valence-corrected chi connectivity index (χ4v) is 5.09. The fraction of sp³-hybridized carbons (Fsp3) is 0.360. The van der Waals surface area contributed by atoms with E-state index in [0.29, 0.717) is 31.9 Å². The number of carbonyl (C=O) groups is 1. The molecule has 0 bridgehead atoms. The number of rotatable bonds is 5. The van der Waals surface area contributed by atoms with Crippen LogP contribution in [0.3, 0.4) is 0 Å². The van der Waals surface area contributed by atoms with E-state index in [4.69, 9.17) is 9.26 Å². The summed E-state index contributed by atoms with van der Waals surface area (Å²) in [5.74, 6) is -0.618. The Hall–Kier alpha value is -3.93. The maximum Gasteiger partial charge on any atom is 0.416 e. The number of ether oxygens (including phenoxy) is 1. The summed E-state index contributed by atoms with van der Waals surface area (Å²) in [6.07, 6.45) is -2.99. The second kappa shape index (κ2) is 8.87. The highest BCUT2D eigenvalue weighted by molar-refractivity contribution is 5.89. The third-order valence-corrected chi connectivity index (χ3v) is 6.89. The van der Waals surface area contributed by atoms with Crippen molar-refractivity contribution in [2.75, 3.05) is 31.2 Å². The van der Waals surface area contributed by atoms with E-state index in [9.17, 15) is 23.1 Å². The molecular weight excluding hydrogens is 491 g/mol. The zero-order valence-corrected chi connectivity index (χ0v) is 19.5. The molecule has 6 rings (SSSR count). The van der Waals surface area contributed by atoms with Crippen LogP contribution in [0.15, 0.2) is 34.9 Å². The SMILES string of the molecule is O=C(O)CC1CCc2c1[nH]c1ccc(-c3noc(-c4cc(C(F)(F)F)cc(N5CCOCC5)n4)n3)cc21. The number of hydrogen-bond acceptors (Lipinski definition) is 7. The number of benzene rings is 1. The summed E-state index contributed by atoms with van der Waals surface area (Å²) < 4.78 is 51.6. The summed E-state index contributed by atoms with van der Waals surface area (Å²) in [6.45, 7) is 1.66. The molecular formula is C25H22F3N5O4. The lowest BCUT2D eigenvalue weighted by Gasteiger charge is -2.28. The molecule has 1 unspecified atom stereocenters. The Bertz CT molecular complexity index is 1490. The summed E-state index contributed by atoms with van der Waals surface area (Å²) in [4.78, 5) is 25.0. The number of aromatic amines is 1. The molecule has 1 atom stereocenters. The standard InChI is InChI=1S/C25H22F3N5O4/c26-25(27,28)15-11-19(29-20(12-15)33-5-7-36-8-6-33)24-31-23(32-37-24)14-2-4-18-17(9-14)16-3-1-13(10-21(34)35)22(16)30-18/h2,4,9,11-13,30H,1,3,5-8,10H2,(H,34,35). The van der Waals surface area contributed by atoms with Crippen molar-refractivity contribution in [1.82, 2.24) is 20.1 Å². The van der Waals surface area contributed by atoms with Gasteiger partial charge in [0.25, 0.3) is 5.89 Å². The second-order valence-corrected chi connectivity index (χ2v) is 9.23. The number of anilines is 1. The van der Waals surface area contributed by atoms with Crippen molar-refractivity contribution in [2.24, 2.45) is 0 Å². The first-order valence-corrected chi connectivity index (χ1v) is 11.9. The Labute approximate surface area is 208 Å². The molecule has 0 radical (unpaired) electrons. The predicted molar refractivity (Wildman–Crippen MR) is 126 cm³/mol. The lowest BCUT2D eigenvalue weighted by Crippen LogP contribution is -2.37. The first-order valence-electron chi connectivity index (χ1n) is 11.9. The average Bonchev–Trinajstić information content (AvgIpc) is 3.60. The lowest BCUT2D eigenvalue weighted by molar-refractivity contribution is -0.138. The molecule has 1 fully saturated rings. The van der Waals surface area contributed by atoms with Gasteiger partial charge in [-0.3, -0.25) is 4.79 Å². The normalized spacial score (nSPS) is 17.9. The largest absolute Gasteiger partial charge is 0.481 e. The minimum Gasteiger partial charge on any atom is -0.481 e. The molecule has 9 nitrogen and oxygen atoms in total. The number of carboxylic acid groups (broad SMARTS) is 1. The molecule has 4 heterocycles. The van der Waals surface area contributed by atoms with Crippen LogP contribution in [-0.4, -0.2) is 57.5 Å². The van der Waals surface area contributed by atoms with Gasteiger partial charge >= 0.3 is 12.1 Å². The summed E-state index contributed by atoms with van der Waals surface area (Å²) >= 11 is 0. The Morgan fingerprint density at radius 2 is 1.97 bits per heavy atom. The van der Waals surface area contributed by atoms with Gasteiger partial charge in [-0.05, 0) is 48.7 Å². The van der Waals surface area contributed by atoms with E-state index in [1.54, 1.807) is 11.0 Å². The van der Waals surface area contributed by atoms with E-state index in [-0.39, 0.29) is 35.6 Å². The Kier molecular flexibility index (Phi) is 5.63. The Morgan fingerprint density at radius 3 is 2.73 bits per heavy atom. The molecule has 2 aliphatic rings. The number of carboxylic acids is 1. The van der Waals surface area contributed by atoms with Crippen LogP contribution in [0, 0.1) is 0 Å². The highest BCUT2D eigenvalue weighted by Gasteiger charge is 2.33. The van der Waals surface area contributed by atoms with Crippen LogP contribution < -0.4 is 4.90 Å². The fourth-order valence-electron chi connectivity index (χ4n) is 5.09. The maximum absolute atomic E-state index is 13.7. The van der Waals surface area contributed by atoms with Crippen molar-refractivity contribution in [3.63, 3.8) is 0 Å². The molecule has 1 aromatic carbocycles. The molecule has 0 saturated carbocycles. The number of aliphatic carboxylic acids is 1. The number of aryl methyl sites for hydroxylation is 1. The molecule has 2 N–H and O–H groups in total. The van der Waals surface area contributed by atoms with Gasteiger partial charge in [0.05, 0.1) is 25.2 Å². The van der Waals surface area contributed by atoms with Gasteiger partial charge in [0.2, 0.25) is 5.82 Å². The number of aromatic nitrogens is 4. The van der Waals surface area contributed by atoms with Gasteiger partial charge in [0, 0.05) is 41.2 Å². The third kappa shape index (κ3) is 4.41. The van der Waals surface area contributed by atoms with Gasteiger partial charge in [-0.15, -0.1) is 0 Å². The van der Waals surface area contributed by atoms with Crippen molar-refractivity contribution >= 4 is 22.7 Å². The van der Waals surface area contributed by atoms with E-state index in [1.807, 2.05) is 12.1 Å². The van der Waals surface area contributed by atoms with Gasteiger partial charge in [-0.25, -0.2) is 4.98 Å². The maximum atomic E-state index is 13.7. The quantitative estimate of drug-likeness (QED) is 0.396. The van der Waals surface area contributed by atoms with Crippen LogP contribution in [0.2, 0.25) is 0 Å². The summed E-state index contributed by atoms with van der Waals surface area (Å²) in [7, 11) is 0. The summed E-state index contributed by atoms with van der Waals surface area (Å²) in [5.41, 5.74) is 2.61. The molecule has 0 spiro atoms. The zero-order valence-electron chi connectivity index (χ0n) is 19.5. The van der Waals surface area contributed by atoms with E-state index in [2.05, 4.69) is 20.1 Å². The van der Waals surface area contributed by atoms with E-state index in [0.717, 1.165) is 47.1 Å².